The fraction of sp³-hybridized carbons (Fsp3) is 0.533. The summed E-state index contributed by atoms with van der Waals surface area (Å²) in [5.74, 6) is 0.786. The number of benzene rings is 1. The number of halogens is 1. The van der Waals surface area contributed by atoms with Crippen LogP contribution in [0.25, 0.3) is 0 Å². The van der Waals surface area contributed by atoms with Crippen LogP contribution < -0.4 is 15.4 Å². The van der Waals surface area contributed by atoms with Crippen molar-refractivity contribution in [3.8, 4) is 5.75 Å². The predicted molar refractivity (Wildman–Crippen MR) is 80.1 cm³/mol. The van der Waals surface area contributed by atoms with Gasteiger partial charge in [-0.05, 0) is 38.1 Å². The fourth-order valence-corrected chi connectivity index (χ4v) is 2.72. The number of rotatable bonds is 4. The minimum atomic E-state index is -0.292. The van der Waals surface area contributed by atoms with Gasteiger partial charge >= 0.3 is 0 Å². The number of carbonyl (C=O) groups is 1. The summed E-state index contributed by atoms with van der Waals surface area (Å²) < 4.78 is 5.28. The number of nitrogens with one attached hydrogen (secondary N) is 2. The number of ether oxygens (including phenoxy) is 1. The molecule has 0 atom stereocenters. The second-order valence-electron chi connectivity index (χ2n) is 5.41. The summed E-state index contributed by atoms with van der Waals surface area (Å²) in [4.78, 5) is 12.4. The van der Waals surface area contributed by atoms with Crippen molar-refractivity contribution in [2.24, 2.45) is 5.41 Å². The molecule has 0 saturated carbocycles. The standard InChI is InChI=1S/C15H21ClN2O2/c1-15(6-8-17-9-7-15)14(19)18-10-11-12(16)4-3-5-13(11)20-2/h3-5,17H,6-10H2,1-2H3,(H,18,19). The Morgan fingerprint density at radius 1 is 1.45 bits per heavy atom. The Hall–Kier alpha value is -1.26. The lowest BCUT2D eigenvalue weighted by Crippen LogP contribution is -2.45. The van der Waals surface area contributed by atoms with Crippen LogP contribution >= 0.6 is 11.6 Å². The van der Waals surface area contributed by atoms with Crippen LogP contribution in [0.2, 0.25) is 5.02 Å². The summed E-state index contributed by atoms with van der Waals surface area (Å²) >= 11 is 6.17. The molecule has 1 saturated heterocycles. The molecule has 4 nitrogen and oxygen atoms in total. The van der Waals surface area contributed by atoms with Crippen LogP contribution in [0, 0.1) is 5.41 Å². The number of hydrogen-bond donors (Lipinski definition) is 2. The molecule has 1 fully saturated rings. The third-order valence-electron chi connectivity index (χ3n) is 3.98. The van der Waals surface area contributed by atoms with Crippen LogP contribution in [0.1, 0.15) is 25.3 Å². The van der Waals surface area contributed by atoms with Crippen LogP contribution in [-0.4, -0.2) is 26.1 Å². The highest BCUT2D eigenvalue weighted by molar-refractivity contribution is 6.31. The Kier molecular flexibility index (Phi) is 4.89. The van der Waals surface area contributed by atoms with Gasteiger partial charge in [-0.1, -0.05) is 24.6 Å². The van der Waals surface area contributed by atoms with Gasteiger partial charge in [0.15, 0.2) is 0 Å². The molecule has 110 valence electrons. The molecule has 0 bridgehead atoms. The summed E-state index contributed by atoms with van der Waals surface area (Å²) in [6.07, 6.45) is 1.72. The Morgan fingerprint density at radius 2 is 2.15 bits per heavy atom. The van der Waals surface area contributed by atoms with Crippen LogP contribution in [0.4, 0.5) is 0 Å². The largest absolute Gasteiger partial charge is 0.496 e. The average molecular weight is 297 g/mol. The van der Waals surface area contributed by atoms with Crippen molar-refractivity contribution in [2.45, 2.75) is 26.3 Å². The Morgan fingerprint density at radius 3 is 2.80 bits per heavy atom. The SMILES string of the molecule is COc1cccc(Cl)c1CNC(=O)C1(C)CCNCC1. The number of carbonyl (C=O) groups excluding carboxylic acids is 1. The smallest absolute Gasteiger partial charge is 0.226 e. The van der Waals surface area contributed by atoms with Gasteiger partial charge in [-0.15, -0.1) is 0 Å². The van der Waals surface area contributed by atoms with Crippen LogP contribution in [0.15, 0.2) is 18.2 Å². The first kappa shape index (κ1) is 15.1. The van der Waals surface area contributed by atoms with Crippen molar-refractivity contribution in [1.82, 2.24) is 10.6 Å². The molecule has 1 aromatic rings. The molecule has 1 aliphatic heterocycles. The van der Waals surface area contributed by atoms with E-state index in [2.05, 4.69) is 10.6 Å². The molecule has 5 heteroatoms. The van der Waals surface area contributed by atoms with E-state index in [1.807, 2.05) is 19.1 Å². The van der Waals surface area contributed by atoms with Crippen molar-refractivity contribution < 1.29 is 9.53 Å². The molecule has 0 spiro atoms. The van der Waals surface area contributed by atoms with Crippen LogP contribution in [0.5, 0.6) is 5.75 Å². The van der Waals surface area contributed by atoms with Crippen LogP contribution in [0.3, 0.4) is 0 Å². The first-order chi connectivity index (χ1) is 9.57. The summed E-state index contributed by atoms with van der Waals surface area (Å²) in [6.45, 7) is 4.19. The van der Waals surface area contributed by atoms with Gasteiger partial charge in [0.25, 0.3) is 0 Å². The predicted octanol–water partition coefficient (Wildman–Crippen LogP) is 2.35. The van der Waals surface area contributed by atoms with E-state index in [-0.39, 0.29) is 11.3 Å². The van der Waals surface area contributed by atoms with E-state index in [4.69, 9.17) is 16.3 Å². The Bertz CT molecular complexity index is 485. The summed E-state index contributed by atoms with van der Waals surface area (Å²) in [6, 6.07) is 5.48. The third-order valence-corrected chi connectivity index (χ3v) is 4.33. The van der Waals surface area contributed by atoms with E-state index in [0.29, 0.717) is 17.3 Å². The maximum atomic E-state index is 12.4. The minimum Gasteiger partial charge on any atom is -0.496 e. The molecular formula is C15H21ClN2O2. The molecule has 1 aliphatic rings. The third kappa shape index (κ3) is 3.25. The quantitative estimate of drug-likeness (QED) is 0.897. The first-order valence-corrected chi connectivity index (χ1v) is 7.25. The van der Waals surface area contributed by atoms with Crippen LogP contribution in [-0.2, 0) is 11.3 Å². The molecule has 0 unspecified atom stereocenters. The monoisotopic (exact) mass is 296 g/mol. The first-order valence-electron chi connectivity index (χ1n) is 6.87. The van der Waals surface area contributed by atoms with Crippen molar-refractivity contribution in [2.75, 3.05) is 20.2 Å². The highest BCUT2D eigenvalue weighted by Gasteiger charge is 2.34. The number of methoxy groups -OCH3 is 1. The van der Waals surface area contributed by atoms with Crippen molar-refractivity contribution in [3.63, 3.8) is 0 Å². The van der Waals surface area contributed by atoms with Gasteiger partial charge in [-0.2, -0.15) is 0 Å². The second-order valence-corrected chi connectivity index (χ2v) is 5.82. The average Bonchev–Trinajstić information content (AvgIpc) is 2.46. The minimum absolute atomic E-state index is 0.0842. The molecule has 20 heavy (non-hydrogen) atoms. The Balaban J connectivity index is 2.03. The highest BCUT2D eigenvalue weighted by Crippen LogP contribution is 2.29. The van der Waals surface area contributed by atoms with Crippen molar-refractivity contribution in [1.29, 1.82) is 0 Å². The Labute approximate surface area is 124 Å². The number of hydrogen-bond acceptors (Lipinski definition) is 3. The molecule has 1 heterocycles. The molecule has 2 N–H and O–H groups in total. The van der Waals surface area contributed by atoms with Gasteiger partial charge in [0.05, 0.1) is 7.11 Å². The van der Waals surface area contributed by atoms with Crippen molar-refractivity contribution >= 4 is 17.5 Å². The van der Waals surface area contributed by atoms with Crippen molar-refractivity contribution in [3.05, 3.63) is 28.8 Å². The molecule has 0 aliphatic carbocycles. The maximum absolute atomic E-state index is 12.4. The summed E-state index contributed by atoms with van der Waals surface area (Å²) in [7, 11) is 1.60. The zero-order valence-electron chi connectivity index (χ0n) is 12.0. The van der Waals surface area contributed by atoms with Gasteiger partial charge in [0.2, 0.25) is 5.91 Å². The zero-order chi connectivity index (χ0) is 14.6. The van der Waals surface area contributed by atoms with E-state index >= 15 is 0 Å². The van der Waals surface area contributed by atoms with Gasteiger partial charge in [-0.25, -0.2) is 0 Å². The number of amides is 1. The van der Waals surface area contributed by atoms with E-state index in [1.54, 1.807) is 13.2 Å². The van der Waals surface area contributed by atoms with Gasteiger partial charge in [0.1, 0.15) is 5.75 Å². The number of piperidine rings is 1. The summed E-state index contributed by atoms with van der Waals surface area (Å²) in [5.41, 5.74) is 0.530. The molecular weight excluding hydrogens is 276 g/mol. The van der Waals surface area contributed by atoms with Gasteiger partial charge < -0.3 is 15.4 Å². The molecule has 0 aromatic heterocycles. The van der Waals surface area contributed by atoms with E-state index in [1.165, 1.54) is 0 Å². The summed E-state index contributed by atoms with van der Waals surface area (Å²) in [5, 5.41) is 6.88. The fourth-order valence-electron chi connectivity index (χ4n) is 2.49. The molecule has 0 radical (unpaired) electrons. The lowest BCUT2D eigenvalue weighted by atomic mass is 9.80. The molecule has 2 rings (SSSR count). The van der Waals surface area contributed by atoms with Gasteiger partial charge in [-0.3, -0.25) is 4.79 Å². The molecule has 1 aromatic carbocycles. The zero-order valence-corrected chi connectivity index (χ0v) is 12.7. The van der Waals surface area contributed by atoms with E-state index in [9.17, 15) is 4.79 Å². The second kappa shape index (κ2) is 6.46. The van der Waals surface area contributed by atoms with Gasteiger partial charge in [0, 0.05) is 22.5 Å². The van der Waals surface area contributed by atoms with E-state index < -0.39 is 0 Å². The highest BCUT2D eigenvalue weighted by atomic mass is 35.5. The molecule has 1 amide bonds. The lowest BCUT2D eigenvalue weighted by molar-refractivity contribution is -0.131. The maximum Gasteiger partial charge on any atom is 0.226 e. The lowest BCUT2D eigenvalue weighted by Gasteiger charge is -2.32. The topological polar surface area (TPSA) is 50.4 Å². The normalized spacial score (nSPS) is 17.6. The van der Waals surface area contributed by atoms with E-state index in [0.717, 1.165) is 31.5 Å².